The van der Waals surface area contributed by atoms with Crippen molar-refractivity contribution in [2.24, 2.45) is 5.73 Å². The second-order valence-electron chi connectivity index (χ2n) is 4.60. The molecule has 1 rings (SSSR count). The Morgan fingerprint density at radius 2 is 2.35 bits per heavy atom. The van der Waals surface area contributed by atoms with Gasteiger partial charge in [0, 0.05) is 31.4 Å². The summed E-state index contributed by atoms with van der Waals surface area (Å²) in [5.41, 5.74) is 5.33. The van der Waals surface area contributed by atoms with Gasteiger partial charge in [0.05, 0.1) is 6.33 Å². The predicted octanol–water partition coefficient (Wildman–Crippen LogP) is -0.267. The molecule has 6 heteroatoms. The molecule has 96 valence electrons. The molecule has 4 N–H and O–H groups in total. The van der Waals surface area contributed by atoms with Crippen LogP contribution >= 0.6 is 0 Å². The third-order valence-corrected chi connectivity index (χ3v) is 2.44. The molecule has 1 aromatic rings. The van der Waals surface area contributed by atoms with E-state index in [1.54, 1.807) is 17.1 Å². The second-order valence-corrected chi connectivity index (χ2v) is 4.60. The maximum atomic E-state index is 11.9. The van der Waals surface area contributed by atoms with Crippen LogP contribution < -0.4 is 11.1 Å². The fourth-order valence-corrected chi connectivity index (χ4v) is 1.46. The van der Waals surface area contributed by atoms with Gasteiger partial charge >= 0.3 is 0 Å². The van der Waals surface area contributed by atoms with Gasteiger partial charge in [-0.1, -0.05) is 0 Å². The normalized spacial score (nSPS) is 11.5. The Morgan fingerprint density at radius 1 is 1.65 bits per heavy atom. The van der Waals surface area contributed by atoms with Crippen LogP contribution in [0.2, 0.25) is 0 Å². The number of nitrogens with two attached hydrogens (primary N) is 1. The number of rotatable bonds is 6. The third kappa shape index (κ3) is 4.16. The fraction of sp³-hybridized carbons (Fsp3) is 0.636. The molecule has 1 amide bonds. The number of nitrogens with zero attached hydrogens (tertiary/aromatic N) is 2. The van der Waals surface area contributed by atoms with Crippen LogP contribution in [0.4, 0.5) is 0 Å². The van der Waals surface area contributed by atoms with Crippen molar-refractivity contribution in [2.75, 3.05) is 13.2 Å². The number of carbonyl (C=O) groups excluding carboxylic acids is 1. The molecule has 0 fully saturated rings. The van der Waals surface area contributed by atoms with E-state index in [9.17, 15) is 4.79 Å². The van der Waals surface area contributed by atoms with Crippen molar-refractivity contribution in [2.45, 2.75) is 32.4 Å². The lowest BCUT2D eigenvalue weighted by molar-refractivity contribution is 0.0894. The van der Waals surface area contributed by atoms with Gasteiger partial charge in [0.2, 0.25) is 0 Å². The highest BCUT2D eigenvalue weighted by Gasteiger charge is 2.21. The average molecular weight is 240 g/mol. The van der Waals surface area contributed by atoms with Crippen molar-refractivity contribution in [3.05, 3.63) is 18.2 Å². The second kappa shape index (κ2) is 5.79. The lowest BCUT2D eigenvalue weighted by Gasteiger charge is -2.24. The zero-order valence-corrected chi connectivity index (χ0v) is 10.3. The quantitative estimate of drug-likeness (QED) is 0.638. The summed E-state index contributed by atoms with van der Waals surface area (Å²) in [7, 11) is 0. The summed E-state index contributed by atoms with van der Waals surface area (Å²) < 4.78 is 1.77. The zero-order valence-electron chi connectivity index (χ0n) is 10.3. The number of nitrogens with one attached hydrogen (secondary N) is 1. The number of carbonyl (C=O) groups is 1. The number of aliphatic hydroxyl groups is 1. The molecule has 1 heterocycles. The number of hydrogen-bond donors (Lipinski definition) is 3. The van der Waals surface area contributed by atoms with E-state index in [0.29, 0.717) is 25.2 Å². The summed E-state index contributed by atoms with van der Waals surface area (Å²) in [6, 6.07) is 0. The van der Waals surface area contributed by atoms with Gasteiger partial charge in [-0.15, -0.1) is 0 Å². The Labute approximate surface area is 101 Å². The van der Waals surface area contributed by atoms with Gasteiger partial charge in [0.1, 0.15) is 5.69 Å². The lowest BCUT2D eigenvalue weighted by atomic mass is 10.0. The molecule has 0 radical (unpaired) electrons. The summed E-state index contributed by atoms with van der Waals surface area (Å²) in [4.78, 5) is 15.9. The van der Waals surface area contributed by atoms with Gasteiger partial charge < -0.3 is 20.7 Å². The third-order valence-electron chi connectivity index (χ3n) is 2.44. The van der Waals surface area contributed by atoms with E-state index in [2.05, 4.69) is 10.3 Å². The minimum atomic E-state index is -0.441. The molecule has 0 saturated carbocycles. The van der Waals surface area contributed by atoms with Gasteiger partial charge in [-0.3, -0.25) is 4.79 Å². The van der Waals surface area contributed by atoms with Crippen molar-refractivity contribution < 1.29 is 9.90 Å². The van der Waals surface area contributed by atoms with E-state index in [1.807, 2.05) is 13.8 Å². The van der Waals surface area contributed by atoms with Crippen LogP contribution in [0.5, 0.6) is 0 Å². The van der Waals surface area contributed by atoms with E-state index < -0.39 is 5.54 Å². The molecule has 0 unspecified atom stereocenters. The topological polar surface area (TPSA) is 93.2 Å². The van der Waals surface area contributed by atoms with Crippen molar-refractivity contribution in [3.8, 4) is 0 Å². The molecule has 17 heavy (non-hydrogen) atoms. The number of aromatic nitrogens is 2. The molecule has 0 atom stereocenters. The number of amides is 1. The van der Waals surface area contributed by atoms with E-state index in [0.717, 1.165) is 0 Å². The van der Waals surface area contributed by atoms with Crippen LogP contribution in [0.1, 0.15) is 30.8 Å². The molecule has 0 aliphatic heterocycles. The molecule has 0 spiro atoms. The SMILES string of the molecule is CC(C)(CCO)NC(=O)c1cn(CCN)cn1. The van der Waals surface area contributed by atoms with Crippen molar-refractivity contribution in [1.82, 2.24) is 14.9 Å². The van der Waals surface area contributed by atoms with E-state index >= 15 is 0 Å². The summed E-state index contributed by atoms with van der Waals surface area (Å²) >= 11 is 0. The molecular formula is C11H20N4O2. The molecule has 0 aliphatic rings. The summed E-state index contributed by atoms with van der Waals surface area (Å²) in [6.07, 6.45) is 3.75. The minimum Gasteiger partial charge on any atom is -0.396 e. The van der Waals surface area contributed by atoms with Gasteiger partial charge in [0.25, 0.3) is 5.91 Å². The maximum absolute atomic E-state index is 11.9. The van der Waals surface area contributed by atoms with Crippen LogP contribution in [-0.2, 0) is 6.54 Å². The highest BCUT2D eigenvalue weighted by Crippen LogP contribution is 2.08. The Bertz CT molecular complexity index is 373. The Hall–Kier alpha value is -1.40. The van der Waals surface area contributed by atoms with Gasteiger partial charge in [-0.2, -0.15) is 0 Å². The zero-order chi connectivity index (χ0) is 12.9. The Morgan fingerprint density at radius 3 is 2.94 bits per heavy atom. The standard InChI is InChI=1S/C11H20N4O2/c1-11(2,3-6-16)14-10(17)9-7-15(5-4-12)8-13-9/h7-8,16H,3-6,12H2,1-2H3,(H,14,17). The smallest absolute Gasteiger partial charge is 0.271 e. The first-order valence-corrected chi connectivity index (χ1v) is 5.64. The highest BCUT2D eigenvalue weighted by molar-refractivity contribution is 5.92. The van der Waals surface area contributed by atoms with Crippen LogP contribution in [-0.4, -0.2) is 39.3 Å². The minimum absolute atomic E-state index is 0.0366. The average Bonchev–Trinajstić information content (AvgIpc) is 2.66. The lowest BCUT2D eigenvalue weighted by Crippen LogP contribution is -2.44. The van der Waals surface area contributed by atoms with Crippen molar-refractivity contribution >= 4 is 5.91 Å². The molecule has 0 bridgehead atoms. The van der Waals surface area contributed by atoms with Crippen LogP contribution in [0.15, 0.2) is 12.5 Å². The maximum Gasteiger partial charge on any atom is 0.271 e. The first kappa shape index (κ1) is 13.7. The highest BCUT2D eigenvalue weighted by atomic mass is 16.3. The monoisotopic (exact) mass is 240 g/mol. The molecule has 1 aromatic heterocycles. The predicted molar refractivity (Wildman–Crippen MR) is 64.5 cm³/mol. The fourth-order valence-electron chi connectivity index (χ4n) is 1.46. The Balaban J connectivity index is 2.63. The van der Waals surface area contributed by atoms with Crippen LogP contribution in [0, 0.1) is 0 Å². The molecule has 0 aliphatic carbocycles. The van der Waals surface area contributed by atoms with E-state index in [4.69, 9.17) is 10.8 Å². The van der Waals surface area contributed by atoms with E-state index in [1.165, 1.54) is 0 Å². The van der Waals surface area contributed by atoms with Crippen molar-refractivity contribution in [3.63, 3.8) is 0 Å². The van der Waals surface area contributed by atoms with Crippen LogP contribution in [0.25, 0.3) is 0 Å². The number of hydrogen-bond acceptors (Lipinski definition) is 4. The molecule has 0 aromatic carbocycles. The van der Waals surface area contributed by atoms with Gasteiger partial charge in [-0.25, -0.2) is 4.98 Å². The van der Waals surface area contributed by atoms with E-state index in [-0.39, 0.29) is 12.5 Å². The largest absolute Gasteiger partial charge is 0.396 e. The molecule has 6 nitrogen and oxygen atoms in total. The summed E-state index contributed by atoms with van der Waals surface area (Å²) in [5, 5.41) is 11.7. The molecular weight excluding hydrogens is 220 g/mol. The first-order valence-electron chi connectivity index (χ1n) is 5.64. The number of aliphatic hydroxyl groups excluding tert-OH is 1. The number of imidazole rings is 1. The first-order chi connectivity index (χ1) is 7.98. The summed E-state index contributed by atoms with van der Waals surface area (Å²) in [5.74, 6) is -0.237. The van der Waals surface area contributed by atoms with Gasteiger partial charge in [0.15, 0.2) is 0 Å². The van der Waals surface area contributed by atoms with Crippen LogP contribution in [0.3, 0.4) is 0 Å². The van der Waals surface area contributed by atoms with Crippen molar-refractivity contribution in [1.29, 1.82) is 0 Å². The Kier molecular flexibility index (Phi) is 4.65. The van der Waals surface area contributed by atoms with Gasteiger partial charge in [-0.05, 0) is 20.3 Å². The molecule has 0 saturated heterocycles. The summed E-state index contributed by atoms with van der Waals surface area (Å²) in [6.45, 7) is 4.90.